The number of para-hydroxylation sites is 1. The Labute approximate surface area is 169 Å². The molecule has 1 heterocycles. The molecule has 4 nitrogen and oxygen atoms in total. The molecule has 0 unspecified atom stereocenters. The van der Waals surface area contributed by atoms with Gasteiger partial charge in [-0.2, -0.15) is 5.10 Å². The molecule has 0 amide bonds. The van der Waals surface area contributed by atoms with Gasteiger partial charge in [0.25, 0.3) is 0 Å². The molecule has 134 valence electrons. The third-order valence-electron chi connectivity index (χ3n) is 3.87. The highest BCUT2D eigenvalue weighted by Crippen LogP contribution is 2.25. The van der Waals surface area contributed by atoms with Gasteiger partial charge in [0.1, 0.15) is 12.4 Å². The van der Waals surface area contributed by atoms with Gasteiger partial charge in [-0.05, 0) is 59.7 Å². The minimum Gasteiger partial charge on any atom is -0.489 e. The summed E-state index contributed by atoms with van der Waals surface area (Å²) in [4.78, 5) is 4.49. The van der Waals surface area contributed by atoms with E-state index in [-0.39, 0.29) is 0 Å². The molecule has 3 aromatic carbocycles. The fourth-order valence-corrected chi connectivity index (χ4v) is 3.56. The number of hydrogen-bond acceptors (Lipinski definition) is 5. The number of hydrogen-bond donors (Lipinski definition) is 1. The van der Waals surface area contributed by atoms with Gasteiger partial charge in [-0.3, -0.25) is 5.43 Å². The quantitative estimate of drug-likeness (QED) is 0.293. The first-order valence-corrected chi connectivity index (χ1v) is 9.99. The lowest BCUT2D eigenvalue weighted by atomic mass is 10.2. The molecule has 1 N–H and O–H groups in total. The van der Waals surface area contributed by atoms with Crippen LogP contribution in [0.4, 0.5) is 5.13 Å². The summed E-state index contributed by atoms with van der Waals surface area (Å²) >= 11 is 5.01. The Morgan fingerprint density at radius 1 is 1.00 bits per heavy atom. The smallest absolute Gasteiger partial charge is 0.204 e. The number of anilines is 1. The Kier molecular flexibility index (Phi) is 5.46. The molecule has 1 aromatic heterocycles. The summed E-state index contributed by atoms with van der Waals surface area (Å²) < 4.78 is 8.02. The zero-order valence-electron chi connectivity index (χ0n) is 14.3. The predicted octanol–water partition coefficient (Wildman–Crippen LogP) is 6.08. The van der Waals surface area contributed by atoms with Crippen LogP contribution in [0.1, 0.15) is 11.1 Å². The van der Waals surface area contributed by atoms with Gasteiger partial charge in [-0.1, -0.05) is 51.5 Å². The average Bonchev–Trinajstić information content (AvgIpc) is 3.11. The van der Waals surface area contributed by atoms with E-state index in [9.17, 15) is 0 Å². The van der Waals surface area contributed by atoms with Crippen molar-refractivity contribution < 1.29 is 4.74 Å². The third-order valence-corrected chi connectivity index (χ3v) is 5.34. The predicted molar refractivity (Wildman–Crippen MR) is 116 cm³/mol. The van der Waals surface area contributed by atoms with Gasteiger partial charge in [0, 0.05) is 4.47 Å². The van der Waals surface area contributed by atoms with Gasteiger partial charge in [0.05, 0.1) is 16.4 Å². The summed E-state index contributed by atoms with van der Waals surface area (Å²) in [5, 5.41) is 5.05. The van der Waals surface area contributed by atoms with E-state index in [1.54, 1.807) is 17.6 Å². The van der Waals surface area contributed by atoms with Crippen LogP contribution in [0.3, 0.4) is 0 Å². The number of nitrogens with zero attached hydrogens (tertiary/aromatic N) is 2. The van der Waals surface area contributed by atoms with Crippen LogP contribution >= 0.6 is 27.3 Å². The minimum atomic E-state index is 0.542. The van der Waals surface area contributed by atoms with Crippen molar-refractivity contribution in [2.75, 3.05) is 5.43 Å². The zero-order valence-corrected chi connectivity index (χ0v) is 16.7. The molecule has 0 aliphatic rings. The van der Waals surface area contributed by atoms with Crippen molar-refractivity contribution in [3.8, 4) is 5.75 Å². The molecule has 0 saturated carbocycles. The van der Waals surface area contributed by atoms with Crippen molar-refractivity contribution in [2.24, 2.45) is 5.10 Å². The van der Waals surface area contributed by atoms with Crippen LogP contribution in [-0.2, 0) is 6.61 Å². The fraction of sp³-hybridized carbons (Fsp3) is 0.0476. The summed E-state index contributed by atoms with van der Waals surface area (Å²) in [6.45, 7) is 0.542. The lowest BCUT2D eigenvalue weighted by molar-refractivity contribution is 0.306. The SMILES string of the molecule is Brc1ccc(COc2ccc(/C=N/Nc3nc4ccccc4s3)cc2)cc1. The number of halogens is 1. The van der Waals surface area contributed by atoms with Gasteiger partial charge < -0.3 is 4.74 Å². The molecule has 4 rings (SSSR count). The van der Waals surface area contributed by atoms with Gasteiger partial charge in [-0.25, -0.2) is 4.98 Å². The second kappa shape index (κ2) is 8.33. The number of ether oxygens (including phenoxy) is 1. The van der Waals surface area contributed by atoms with Gasteiger partial charge in [0.2, 0.25) is 5.13 Å². The standard InChI is InChI=1S/C21H16BrN3OS/c22-17-9-5-16(6-10-17)14-26-18-11-7-15(8-12-18)13-23-25-21-24-19-3-1-2-4-20(19)27-21/h1-13H,14H2,(H,24,25)/b23-13+. The molecule has 0 radical (unpaired) electrons. The van der Waals surface area contributed by atoms with Crippen LogP contribution in [0.5, 0.6) is 5.75 Å². The summed E-state index contributed by atoms with van der Waals surface area (Å²) in [5.74, 6) is 0.828. The minimum absolute atomic E-state index is 0.542. The van der Waals surface area contributed by atoms with Gasteiger partial charge in [0.15, 0.2) is 0 Å². The van der Waals surface area contributed by atoms with E-state index >= 15 is 0 Å². The Hall–Kier alpha value is -2.70. The summed E-state index contributed by atoms with van der Waals surface area (Å²) in [5.41, 5.74) is 6.08. The normalized spacial score (nSPS) is 11.1. The van der Waals surface area contributed by atoms with Crippen molar-refractivity contribution in [3.63, 3.8) is 0 Å². The second-order valence-electron chi connectivity index (χ2n) is 5.84. The molecular formula is C21H16BrN3OS. The van der Waals surface area contributed by atoms with E-state index in [0.717, 1.165) is 36.7 Å². The molecule has 0 spiro atoms. The van der Waals surface area contributed by atoms with Crippen LogP contribution in [0.15, 0.2) is 82.4 Å². The first kappa shape index (κ1) is 17.7. The van der Waals surface area contributed by atoms with Crippen LogP contribution in [0.2, 0.25) is 0 Å². The second-order valence-corrected chi connectivity index (χ2v) is 7.79. The van der Waals surface area contributed by atoms with E-state index in [4.69, 9.17) is 4.74 Å². The van der Waals surface area contributed by atoms with Crippen LogP contribution in [0.25, 0.3) is 10.2 Å². The number of aromatic nitrogens is 1. The molecule has 0 saturated heterocycles. The Morgan fingerprint density at radius 3 is 2.56 bits per heavy atom. The fourth-order valence-electron chi connectivity index (χ4n) is 2.48. The number of rotatable bonds is 6. The summed E-state index contributed by atoms with van der Waals surface area (Å²) in [6.07, 6.45) is 1.77. The Balaban J connectivity index is 1.33. The third kappa shape index (κ3) is 4.72. The largest absolute Gasteiger partial charge is 0.489 e. The van der Waals surface area contributed by atoms with Crippen LogP contribution in [-0.4, -0.2) is 11.2 Å². The molecule has 0 fully saturated rings. The highest BCUT2D eigenvalue weighted by atomic mass is 79.9. The van der Waals surface area contributed by atoms with E-state index in [2.05, 4.69) is 37.5 Å². The van der Waals surface area contributed by atoms with Gasteiger partial charge in [-0.15, -0.1) is 0 Å². The molecule has 4 aromatic rings. The number of fused-ring (bicyclic) bond motifs is 1. The highest BCUT2D eigenvalue weighted by Gasteiger charge is 2.01. The maximum absolute atomic E-state index is 5.81. The number of nitrogens with one attached hydrogen (secondary N) is 1. The first-order chi connectivity index (χ1) is 13.3. The van der Waals surface area contributed by atoms with Crippen LogP contribution in [0, 0.1) is 0 Å². The monoisotopic (exact) mass is 437 g/mol. The molecule has 27 heavy (non-hydrogen) atoms. The van der Waals surface area contributed by atoms with Crippen molar-refractivity contribution in [3.05, 3.63) is 88.4 Å². The van der Waals surface area contributed by atoms with Crippen molar-refractivity contribution >= 4 is 48.8 Å². The van der Waals surface area contributed by atoms with Gasteiger partial charge >= 0.3 is 0 Å². The number of thiazole rings is 1. The van der Waals surface area contributed by atoms with Crippen molar-refractivity contribution in [1.29, 1.82) is 0 Å². The van der Waals surface area contributed by atoms with E-state index in [0.29, 0.717) is 6.61 Å². The molecule has 6 heteroatoms. The number of benzene rings is 3. The van der Waals surface area contributed by atoms with E-state index in [1.165, 1.54) is 0 Å². The Morgan fingerprint density at radius 2 is 1.78 bits per heavy atom. The zero-order chi connectivity index (χ0) is 18.5. The molecule has 0 aliphatic carbocycles. The first-order valence-electron chi connectivity index (χ1n) is 8.38. The molecule has 0 bridgehead atoms. The molecular weight excluding hydrogens is 422 g/mol. The lowest BCUT2D eigenvalue weighted by Crippen LogP contribution is -1.95. The van der Waals surface area contributed by atoms with Crippen LogP contribution < -0.4 is 10.2 Å². The molecule has 0 atom stereocenters. The molecule has 0 aliphatic heterocycles. The highest BCUT2D eigenvalue weighted by molar-refractivity contribution is 9.10. The van der Waals surface area contributed by atoms with E-state index < -0.39 is 0 Å². The lowest BCUT2D eigenvalue weighted by Gasteiger charge is -2.06. The number of hydrazone groups is 1. The van der Waals surface area contributed by atoms with Crippen molar-refractivity contribution in [2.45, 2.75) is 6.61 Å². The Bertz CT molecular complexity index is 1030. The maximum atomic E-state index is 5.81. The van der Waals surface area contributed by atoms with E-state index in [1.807, 2.05) is 66.7 Å². The van der Waals surface area contributed by atoms with Crippen molar-refractivity contribution in [1.82, 2.24) is 4.98 Å². The average molecular weight is 438 g/mol. The maximum Gasteiger partial charge on any atom is 0.204 e. The topological polar surface area (TPSA) is 46.5 Å². The summed E-state index contributed by atoms with van der Waals surface area (Å²) in [7, 11) is 0. The summed E-state index contributed by atoms with van der Waals surface area (Å²) in [6, 6.07) is 24.0.